The summed E-state index contributed by atoms with van der Waals surface area (Å²) >= 11 is 2.17. The van der Waals surface area contributed by atoms with Crippen LogP contribution in [0.2, 0.25) is 0 Å². The number of amides is 3. The number of rotatable bonds is 14. The average Bonchev–Trinajstić information content (AvgIpc) is 2.91. The number of phenolic OH excluding ortho intramolecular Hbond substituents is 1. The highest BCUT2D eigenvalue weighted by molar-refractivity contribution is 14.1. The maximum absolute atomic E-state index is 12.3. The first-order valence-electron chi connectivity index (χ1n) is 12.5. The zero-order valence-electron chi connectivity index (χ0n) is 21.0. The number of carbonyl (C=O) groups is 3. The Labute approximate surface area is 236 Å². The number of para-hydroxylation sites is 1. The molecule has 0 bridgehead atoms. The third-order valence-corrected chi connectivity index (χ3v) is 6.32. The summed E-state index contributed by atoms with van der Waals surface area (Å²) in [5.41, 5.74) is 2.40. The quantitative estimate of drug-likeness (QED) is 0.161. The van der Waals surface area contributed by atoms with E-state index in [-0.39, 0.29) is 36.5 Å². The van der Waals surface area contributed by atoms with E-state index in [0.29, 0.717) is 50.2 Å². The van der Waals surface area contributed by atoms with Crippen molar-refractivity contribution >= 4 is 40.3 Å². The fourth-order valence-corrected chi connectivity index (χ4v) is 4.23. The van der Waals surface area contributed by atoms with Crippen molar-refractivity contribution in [2.24, 2.45) is 0 Å². The maximum Gasteiger partial charge on any atom is 0.257 e. The molecule has 4 N–H and O–H groups in total. The van der Waals surface area contributed by atoms with Gasteiger partial charge in [-0.1, -0.05) is 36.4 Å². The molecule has 0 aliphatic heterocycles. The minimum atomic E-state index is -0.244. The first kappa shape index (κ1) is 29.0. The number of halogens is 1. The van der Waals surface area contributed by atoms with Crippen LogP contribution in [0, 0.1) is 3.57 Å². The summed E-state index contributed by atoms with van der Waals surface area (Å²) in [5, 5.41) is 18.1. The van der Waals surface area contributed by atoms with E-state index in [2.05, 4.69) is 38.5 Å². The van der Waals surface area contributed by atoms with Gasteiger partial charge >= 0.3 is 0 Å². The zero-order valence-corrected chi connectivity index (χ0v) is 23.2. The van der Waals surface area contributed by atoms with Gasteiger partial charge in [-0.05, 0) is 89.4 Å². The van der Waals surface area contributed by atoms with Gasteiger partial charge in [-0.3, -0.25) is 14.4 Å². The van der Waals surface area contributed by atoms with Crippen LogP contribution in [0.25, 0.3) is 0 Å². The van der Waals surface area contributed by atoms with Gasteiger partial charge in [0.2, 0.25) is 5.91 Å². The Morgan fingerprint density at radius 3 is 2.37 bits per heavy atom. The highest BCUT2D eigenvalue weighted by Gasteiger charge is 2.10. The second kappa shape index (κ2) is 15.6. The summed E-state index contributed by atoms with van der Waals surface area (Å²) < 4.78 is 6.71. The number of carbonyl (C=O) groups excluding carboxylic acids is 3. The Hall–Kier alpha value is -3.60. The van der Waals surface area contributed by atoms with Gasteiger partial charge in [0, 0.05) is 35.2 Å². The van der Waals surface area contributed by atoms with Crippen molar-refractivity contribution in [3.8, 4) is 11.5 Å². The molecule has 3 aromatic carbocycles. The smallest absolute Gasteiger partial charge is 0.257 e. The molecule has 9 heteroatoms. The first-order chi connectivity index (χ1) is 18.4. The van der Waals surface area contributed by atoms with E-state index in [9.17, 15) is 19.5 Å². The van der Waals surface area contributed by atoms with Crippen LogP contribution in [0.4, 0.5) is 0 Å². The van der Waals surface area contributed by atoms with Gasteiger partial charge in [-0.2, -0.15) is 0 Å². The summed E-state index contributed by atoms with van der Waals surface area (Å²) in [6, 6.07) is 21.6. The fraction of sp³-hybridized carbons (Fsp3) is 0.276. The van der Waals surface area contributed by atoms with Gasteiger partial charge < -0.3 is 25.8 Å². The number of phenols is 1. The van der Waals surface area contributed by atoms with Crippen LogP contribution in [-0.2, 0) is 22.4 Å². The minimum absolute atomic E-state index is 0.0894. The molecule has 0 atom stereocenters. The van der Waals surface area contributed by atoms with E-state index < -0.39 is 0 Å². The lowest BCUT2D eigenvalue weighted by Crippen LogP contribution is -2.31. The van der Waals surface area contributed by atoms with Crippen LogP contribution >= 0.6 is 22.6 Å². The van der Waals surface area contributed by atoms with Crippen molar-refractivity contribution in [3.63, 3.8) is 0 Å². The van der Waals surface area contributed by atoms with Crippen LogP contribution in [0.15, 0.2) is 72.8 Å². The van der Waals surface area contributed by atoms with E-state index in [0.717, 1.165) is 14.7 Å². The molecule has 3 rings (SSSR count). The molecule has 0 heterocycles. The average molecular weight is 629 g/mol. The van der Waals surface area contributed by atoms with E-state index in [1.54, 1.807) is 30.3 Å². The van der Waals surface area contributed by atoms with E-state index in [1.807, 2.05) is 42.5 Å². The first-order valence-corrected chi connectivity index (χ1v) is 13.5. The van der Waals surface area contributed by atoms with Crippen LogP contribution in [0.1, 0.15) is 34.3 Å². The normalized spacial score (nSPS) is 10.4. The zero-order chi connectivity index (χ0) is 27.2. The van der Waals surface area contributed by atoms with Crippen molar-refractivity contribution in [1.82, 2.24) is 16.0 Å². The number of aryl methyl sites for hydroxylation is 1. The molecule has 200 valence electrons. The number of hydrogen-bond acceptors (Lipinski definition) is 5. The Balaban J connectivity index is 1.31. The Morgan fingerprint density at radius 1 is 0.789 bits per heavy atom. The molecule has 0 saturated heterocycles. The maximum atomic E-state index is 12.3. The molecule has 3 aromatic rings. The molecule has 0 unspecified atom stereocenters. The topological polar surface area (TPSA) is 117 Å². The van der Waals surface area contributed by atoms with Crippen molar-refractivity contribution < 1.29 is 24.2 Å². The second-order valence-electron chi connectivity index (χ2n) is 8.64. The number of aromatic hydroxyl groups is 1. The Bertz CT molecular complexity index is 1230. The SMILES string of the molecule is O=C(CCc1ccccc1OCC(=O)NCCc1cccc(O)c1)NCCCNC(=O)c1cccc(I)c1. The Morgan fingerprint density at radius 2 is 1.55 bits per heavy atom. The predicted molar refractivity (Wildman–Crippen MR) is 154 cm³/mol. The summed E-state index contributed by atoms with van der Waals surface area (Å²) in [7, 11) is 0. The van der Waals surface area contributed by atoms with E-state index in [1.165, 1.54) is 0 Å². The molecule has 0 aliphatic rings. The van der Waals surface area contributed by atoms with Gasteiger partial charge in [0.15, 0.2) is 6.61 Å². The van der Waals surface area contributed by atoms with Crippen LogP contribution in [-0.4, -0.2) is 49.1 Å². The van der Waals surface area contributed by atoms with Crippen molar-refractivity contribution in [3.05, 3.63) is 93.1 Å². The molecule has 0 radical (unpaired) electrons. The molecular formula is C29H32IN3O5. The standard InChI is InChI=1S/C29H32IN3O5/c30-24-9-4-8-23(19-24)29(37)33-16-5-15-31-27(35)13-12-22-7-1-2-11-26(22)38-20-28(36)32-17-14-21-6-3-10-25(34)18-21/h1-4,6-11,18-19,34H,5,12-17,20H2,(H,31,35)(H,32,36)(H,33,37). The predicted octanol–water partition coefficient (Wildman–Crippen LogP) is 3.60. The van der Waals surface area contributed by atoms with Gasteiger partial charge in [-0.15, -0.1) is 0 Å². The number of ether oxygens (including phenoxy) is 1. The van der Waals surface area contributed by atoms with E-state index >= 15 is 0 Å². The lowest BCUT2D eigenvalue weighted by atomic mass is 10.1. The summed E-state index contributed by atoms with van der Waals surface area (Å²) in [5.74, 6) is 0.308. The van der Waals surface area contributed by atoms with Gasteiger partial charge in [0.25, 0.3) is 11.8 Å². The second-order valence-corrected chi connectivity index (χ2v) is 9.88. The van der Waals surface area contributed by atoms with Crippen molar-refractivity contribution in [2.75, 3.05) is 26.2 Å². The van der Waals surface area contributed by atoms with Crippen LogP contribution < -0.4 is 20.7 Å². The van der Waals surface area contributed by atoms with E-state index in [4.69, 9.17) is 4.74 Å². The molecule has 0 aliphatic carbocycles. The van der Waals surface area contributed by atoms with Crippen LogP contribution in [0.5, 0.6) is 11.5 Å². The van der Waals surface area contributed by atoms with Crippen molar-refractivity contribution in [2.45, 2.75) is 25.7 Å². The highest BCUT2D eigenvalue weighted by Crippen LogP contribution is 2.19. The lowest BCUT2D eigenvalue weighted by Gasteiger charge is -2.12. The molecular weight excluding hydrogens is 597 g/mol. The molecule has 8 nitrogen and oxygen atoms in total. The molecule has 38 heavy (non-hydrogen) atoms. The van der Waals surface area contributed by atoms with Gasteiger partial charge in [0.05, 0.1) is 0 Å². The largest absolute Gasteiger partial charge is 0.508 e. The Kier molecular flexibility index (Phi) is 11.9. The number of nitrogens with one attached hydrogen (secondary N) is 3. The highest BCUT2D eigenvalue weighted by atomic mass is 127. The third kappa shape index (κ3) is 10.4. The summed E-state index contributed by atoms with van der Waals surface area (Å²) in [6.45, 7) is 1.24. The lowest BCUT2D eigenvalue weighted by molar-refractivity contribution is -0.123. The van der Waals surface area contributed by atoms with Gasteiger partial charge in [-0.25, -0.2) is 0 Å². The summed E-state index contributed by atoms with van der Waals surface area (Å²) in [4.78, 5) is 36.6. The molecule has 3 amide bonds. The molecule has 0 aromatic heterocycles. The molecule has 0 saturated carbocycles. The van der Waals surface area contributed by atoms with Gasteiger partial charge in [0.1, 0.15) is 11.5 Å². The molecule has 0 spiro atoms. The minimum Gasteiger partial charge on any atom is -0.508 e. The van der Waals surface area contributed by atoms with Crippen LogP contribution in [0.3, 0.4) is 0 Å². The monoisotopic (exact) mass is 629 g/mol. The van der Waals surface area contributed by atoms with Crippen molar-refractivity contribution in [1.29, 1.82) is 0 Å². The number of hydrogen-bond donors (Lipinski definition) is 4. The number of benzene rings is 3. The third-order valence-electron chi connectivity index (χ3n) is 5.65. The molecule has 0 fully saturated rings. The fourth-order valence-electron chi connectivity index (χ4n) is 3.69. The summed E-state index contributed by atoms with van der Waals surface area (Å²) in [6.07, 6.45) is 1.99.